The Kier molecular flexibility index (Phi) is 6.56. The molecule has 2 aromatic heterocycles. The molecule has 0 saturated heterocycles. The number of hydrogen-bond acceptors (Lipinski definition) is 3. The highest BCUT2D eigenvalue weighted by atomic mass is 35.5. The lowest BCUT2D eigenvalue weighted by Gasteiger charge is -2.16. The van der Waals surface area contributed by atoms with Crippen molar-refractivity contribution in [3.8, 4) is 0 Å². The van der Waals surface area contributed by atoms with Gasteiger partial charge in [0.25, 0.3) is 0 Å². The molecule has 0 fully saturated rings. The monoisotopic (exact) mass is 341 g/mol. The minimum atomic E-state index is 0.357. The topological polar surface area (TPSA) is 37.8 Å². The van der Waals surface area contributed by atoms with Crippen LogP contribution in [0.25, 0.3) is 11.8 Å². The zero-order valence-electron chi connectivity index (χ0n) is 14.5. The molecule has 2 heterocycles. The molecule has 2 rings (SSSR count). The third kappa shape index (κ3) is 4.45. The second-order valence-electron chi connectivity index (χ2n) is 5.91. The van der Waals surface area contributed by atoms with Crippen molar-refractivity contribution in [1.29, 1.82) is 0 Å². The van der Waals surface area contributed by atoms with E-state index in [1.807, 2.05) is 25.4 Å². The first-order chi connectivity index (χ1) is 11.6. The van der Waals surface area contributed by atoms with Crippen molar-refractivity contribution >= 4 is 23.4 Å². The molecule has 0 aliphatic rings. The molecule has 2 aromatic rings. The Hall–Kier alpha value is -2.13. The molecule has 0 aromatic carbocycles. The van der Waals surface area contributed by atoms with Crippen molar-refractivity contribution in [1.82, 2.24) is 15.3 Å². The predicted molar refractivity (Wildman–Crippen MR) is 103 cm³/mol. The molecule has 0 bridgehead atoms. The lowest BCUT2D eigenvalue weighted by Crippen LogP contribution is -2.22. The smallest absolute Gasteiger partial charge is 0.0889 e. The molecule has 1 N–H and O–H groups in total. The molecule has 0 aliphatic carbocycles. The lowest BCUT2D eigenvalue weighted by atomic mass is 9.99. The van der Waals surface area contributed by atoms with Gasteiger partial charge in [-0.2, -0.15) is 0 Å². The minimum Gasteiger partial charge on any atom is -0.381 e. The van der Waals surface area contributed by atoms with Crippen molar-refractivity contribution in [2.75, 3.05) is 0 Å². The molecule has 0 unspecified atom stereocenters. The number of allylic oxidation sites excluding steroid dienone is 1. The average Bonchev–Trinajstić information content (AvgIpc) is 2.58. The van der Waals surface area contributed by atoms with Crippen LogP contribution in [0.5, 0.6) is 0 Å². The number of nitrogens with zero attached hydrogens (tertiary/aromatic N) is 2. The van der Waals surface area contributed by atoms with Gasteiger partial charge < -0.3 is 5.32 Å². The average molecular weight is 342 g/mol. The van der Waals surface area contributed by atoms with Gasteiger partial charge in [-0.25, -0.2) is 0 Å². The normalized spacial score (nSPS) is 11.6. The van der Waals surface area contributed by atoms with Gasteiger partial charge in [0, 0.05) is 24.6 Å². The number of hydrogen-bond donors (Lipinski definition) is 1. The Morgan fingerprint density at radius 2 is 2.04 bits per heavy atom. The molecular weight excluding hydrogens is 318 g/mol. The number of halogens is 1. The highest BCUT2D eigenvalue weighted by Crippen LogP contribution is 2.23. The van der Waals surface area contributed by atoms with Crippen LogP contribution in [0.3, 0.4) is 0 Å². The summed E-state index contributed by atoms with van der Waals surface area (Å²) in [5.74, 6) is 0. The van der Waals surface area contributed by atoms with E-state index in [0.29, 0.717) is 11.1 Å². The maximum absolute atomic E-state index is 6.21. The van der Waals surface area contributed by atoms with E-state index in [1.165, 1.54) is 5.56 Å². The third-order valence-corrected chi connectivity index (χ3v) is 4.07. The number of aromatic nitrogens is 2. The van der Waals surface area contributed by atoms with Crippen LogP contribution in [0.1, 0.15) is 43.2 Å². The second-order valence-corrected chi connectivity index (χ2v) is 6.32. The summed E-state index contributed by atoms with van der Waals surface area (Å²) < 4.78 is 0. The maximum Gasteiger partial charge on any atom is 0.0889 e. The van der Waals surface area contributed by atoms with E-state index in [2.05, 4.69) is 47.9 Å². The summed E-state index contributed by atoms with van der Waals surface area (Å²) in [7, 11) is 0. The first-order valence-electron chi connectivity index (χ1n) is 8.18. The molecule has 0 saturated carbocycles. The van der Waals surface area contributed by atoms with E-state index in [0.717, 1.165) is 35.4 Å². The SMILES string of the molecule is C=Cc1c(Cl)cncc1CCc1cccnc1/C(=C/C)NC(C)C. The van der Waals surface area contributed by atoms with Crippen molar-refractivity contribution in [3.63, 3.8) is 0 Å². The Morgan fingerprint density at radius 3 is 2.71 bits per heavy atom. The number of rotatable bonds is 7. The zero-order valence-corrected chi connectivity index (χ0v) is 15.3. The quantitative estimate of drug-likeness (QED) is 0.777. The van der Waals surface area contributed by atoms with Crippen LogP contribution in [0.2, 0.25) is 5.02 Å². The summed E-state index contributed by atoms with van der Waals surface area (Å²) in [5.41, 5.74) is 5.33. The molecule has 3 nitrogen and oxygen atoms in total. The molecule has 126 valence electrons. The summed E-state index contributed by atoms with van der Waals surface area (Å²) in [6.45, 7) is 10.1. The van der Waals surface area contributed by atoms with Crippen LogP contribution in [0.4, 0.5) is 0 Å². The van der Waals surface area contributed by atoms with Crippen LogP contribution in [0.15, 0.2) is 43.4 Å². The first-order valence-corrected chi connectivity index (χ1v) is 8.56. The Morgan fingerprint density at radius 1 is 1.29 bits per heavy atom. The number of nitrogens with one attached hydrogen (secondary N) is 1. The summed E-state index contributed by atoms with van der Waals surface area (Å²) in [5, 5.41) is 4.11. The summed E-state index contributed by atoms with van der Waals surface area (Å²) in [6, 6.07) is 4.46. The van der Waals surface area contributed by atoms with Crippen molar-refractivity contribution in [2.45, 2.75) is 39.7 Å². The van der Waals surface area contributed by atoms with Crippen molar-refractivity contribution in [3.05, 3.63) is 70.8 Å². The van der Waals surface area contributed by atoms with Gasteiger partial charge in [-0.05, 0) is 56.4 Å². The molecule has 24 heavy (non-hydrogen) atoms. The van der Waals surface area contributed by atoms with E-state index in [-0.39, 0.29) is 0 Å². The standard InChI is InChI=1S/C20H24ClN3/c1-5-17-16(12-22-13-18(17)21)10-9-15-8-7-11-23-20(15)19(6-2)24-14(3)4/h5-8,11-14,24H,1,9-10H2,2-4H3/b19-6-. The molecular formula is C20H24ClN3. The van der Waals surface area contributed by atoms with E-state index >= 15 is 0 Å². The van der Waals surface area contributed by atoms with Gasteiger partial charge in [0.1, 0.15) is 0 Å². The van der Waals surface area contributed by atoms with E-state index in [4.69, 9.17) is 11.6 Å². The van der Waals surface area contributed by atoms with Gasteiger partial charge in [0.2, 0.25) is 0 Å². The molecule has 4 heteroatoms. The lowest BCUT2D eigenvalue weighted by molar-refractivity contribution is 0.712. The molecule has 0 atom stereocenters. The molecule has 0 spiro atoms. The van der Waals surface area contributed by atoms with Gasteiger partial charge >= 0.3 is 0 Å². The first kappa shape index (κ1) is 18.2. The fraction of sp³-hybridized carbons (Fsp3) is 0.300. The van der Waals surface area contributed by atoms with Gasteiger partial charge in [0.15, 0.2) is 0 Å². The number of pyridine rings is 2. The van der Waals surface area contributed by atoms with Crippen LogP contribution in [-0.2, 0) is 12.8 Å². The summed E-state index contributed by atoms with van der Waals surface area (Å²) >= 11 is 6.21. The zero-order chi connectivity index (χ0) is 17.5. The van der Waals surface area contributed by atoms with Gasteiger partial charge in [0.05, 0.1) is 16.4 Å². The maximum atomic E-state index is 6.21. The van der Waals surface area contributed by atoms with Crippen molar-refractivity contribution in [2.24, 2.45) is 0 Å². The van der Waals surface area contributed by atoms with Crippen LogP contribution in [-0.4, -0.2) is 16.0 Å². The molecule has 0 aliphatic heterocycles. The van der Waals surface area contributed by atoms with Gasteiger partial charge in [-0.1, -0.05) is 36.4 Å². The highest BCUT2D eigenvalue weighted by Gasteiger charge is 2.11. The van der Waals surface area contributed by atoms with Crippen LogP contribution < -0.4 is 5.32 Å². The Bertz CT molecular complexity index is 735. The third-order valence-electron chi connectivity index (χ3n) is 3.77. The highest BCUT2D eigenvalue weighted by molar-refractivity contribution is 6.32. The second kappa shape index (κ2) is 8.65. The Labute approximate surface area is 149 Å². The summed E-state index contributed by atoms with van der Waals surface area (Å²) in [6.07, 6.45) is 10.9. The van der Waals surface area contributed by atoms with E-state index in [1.54, 1.807) is 12.3 Å². The minimum absolute atomic E-state index is 0.357. The number of aryl methyl sites for hydroxylation is 2. The molecule has 0 amide bonds. The summed E-state index contributed by atoms with van der Waals surface area (Å²) in [4.78, 5) is 8.78. The van der Waals surface area contributed by atoms with Crippen LogP contribution >= 0.6 is 11.6 Å². The largest absolute Gasteiger partial charge is 0.381 e. The fourth-order valence-electron chi connectivity index (χ4n) is 2.66. The van der Waals surface area contributed by atoms with E-state index < -0.39 is 0 Å². The fourth-order valence-corrected chi connectivity index (χ4v) is 2.92. The Balaban J connectivity index is 2.26. The van der Waals surface area contributed by atoms with Gasteiger partial charge in [-0.3, -0.25) is 9.97 Å². The predicted octanol–water partition coefficient (Wildman–Crippen LogP) is 4.92. The van der Waals surface area contributed by atoms with Gasteiger partial charge in [-0.15, -0.1) is 0 Å². The van der Waals surface area contributed by atoms with Crippen LogP contribution in [0, 0.1) is 0 Å². The van der Waals surface area contributed by atoms with E-state index in [9.17, 15) is 0 Å². The molecule has 0 radical (unpaired) electrons. The van der Waals surface area contributed by atoms with Crippen molar-refractivity contribution < 1.29 is 0 Å².